The lowest BCUT2D eigenvalue weighted by molar-refractivity contribution is 0.266. The molecule has 1 aromatic carbocycles. The molecule has 4 N–H and O–H groups in total. The summed E-state index contributed by atoms with van der Waals surface area (Å²) in [4.78, 5) is 18.2. The number of hydrogen-bond donors (Lipinski definition) is 4. The Bertz CT molecular complexity index is 286. The van der Waals surface area contributed by atoms with Crippen LogP contribution in [0.2, 0.25) is 0 Å². The first-order valence-corrected chi connectivity index (χ1v) is 5.30. The van der Waals surface area contributed by atoms with E-state index < -0.39 is 10.5 Å². The summed E-state index contributed by atoms with van der Waals surface area (Å²) in [6.45, 7) is 2.16. The topological polar surface area (TPSA) is 86.2 Å². The summed E-state index contributed by atoms with van der Waals surface area (Å²) in [6, 6.07) is 10.5. The second-order valence-corrected chi connectivity index (χ2v) is 3.40. The first kappa shape index (κ1) is 21.2. The van der Waals surface area contributed by atoms with Gasteiger partial charge in [0, 0.05) is 0 Å². The van der Waals surface area contributed by atoms with Gasteiger partial charge in [-0.3, -0.25) is 9.59 Å². The van der Waals surface area contributed by atoms with Crippen LogP contribution >= 0.6 is 25.3 Å². The third-order valence-corrected chi connectivity index (χ3v) is 1.25. The summed E-state index contributed by atoms with van der Waals surface area (Å²) in [7, 11) is 0. The van der Waals surface area contributed by atoms with Gasteiger partial charge in [-0.05, 0) is 12.0 Å². The third kappa shape index (κ3) is 31.3. The van der Waals surface area contributed by atoms with Gasteiger partial charge in [-0.1, -0.05) is 69.9 Å². The van der Waals surface area contributed by atoms with Crippen LogP contribution in [-0.2, 0) is 6.42 Å². The van der Waals surface area contributed by atoms with Crippen molar-refractivity contribution in [3.05, 3.63) is 35.9 Å². The molecule has 0 aliphatic rings. The second kappa shape index (κ2) is 14.9. The van der Waals surface area contributed by atoms with Gasteiger partial charge in [0.15, 0.2) is 0 Å². The Labute approximate surface area is 114 Å². The zero-order valence-electron chi connectivity index (χ0n) is 8.96. The molecule has 6 heteroatoms. The third-order valence-electron chi connectivity index (χ3n) is 1.25. The minimum atomic E-state index is -0.639. The molecule has 1 aromatic rings. The number of primary amides is 2. The van der Waals surface area contributed by atoms with Gasteiger partial charge < -0.3 is 11.5 Å². The number of amides is 2. The minimum Gasteiger partial charge on any atom is -0.361 e. The van der Waals surface area contributed by atoms with Crippen molar-refractivity contribution >= 4 is 35.7 Å². The molecule has 0 fully saturated rings. The molecule has 4 nitrogen and oxygen atoms in total. The van der Waals surface area contributed by atoms with Crippen LogP contribution in [0.4, 0.5) is 9.59 Å². The van der Waals surface area contributed by atoms with Crippen molar-refractivity contribution in [2.75, 3.05) is 0 Å². The van der Waals surface area contributed by atoms with Crippen LogP contribution in [0.3, 0.4) is 0 Å². The van der Waals surface area contributed by atoms with Crippen LogP contribution in [-0.4, -0.2) is 10.5 Å². The van der Waals surface area contributed by atoms with Crippen molar-refractivity contribution in [3.63, 3.8) is 0 Å². The number of nitrogens with two attached hydrogens (primary N) is 2. The van der Waals surface area contributed by atoms with E-state index in [0.717, 1.165) is 6.42 Å². The predicted octanol–water partition coefficient (Wildman–Crippen LogP) is 2.87. The maximum Gasteiger partial charge on any atom is 0.273 e. The van der Waals surface area contributed by atoms with Crippen LogP contribution in [0, 0.1) is 0 Å². The van der Waals surface area contributed by atoms with Gasteiger partial charge in [-0.15, -0.1) is 0 Å². The number of benzene rings is 1. The van der Waals surface area contributed by atoms with Gasteiger partial charge in [0.2, 0.25) is 0 Å². The summed E-state index contributed by atoms with van der Waals surface area (Å²) in [5.74, 6) is 0. The van der Waals surface area contributed by atoms with Gasteiger partial charge in [-0.25, -0.2) is 0 Å². The molecule has 0 unspecified atom stereocenters. The average Bonchev–Trinajstić information content (AvgIpc) is 2.17. The first-order valence-electron chi connectivity index (χ1n) is 4.40. The van der Waals surface area contributed by atoms with Crippen molar-refractivity contribution in [1.29, 1.82) is 0 Å². The van der Waals surface area contributed by atoms with Gasteiger partial charge in [0.25, 0.3) is 10.5 Å². The Balaban J connectivity index is -0.000000189. The second-order valence-electron chi connectivity index (χ2n) is 2.52. The zero-order valence-corrected chi connectivity index (χ0v) is 10.7. The Morgan fingerprint density at radius 1 is 1.06 bits per heavy atom. The van der Waals surface area contributed by atoms with Crippen LogP contribution in [0.25, 0.3) is 0 Å². The molecule has 2 amide bonds. The SMILES string of the molecule is C.CCc1ccccc1.NC(=O)S.NC(=O)S. The molecule has 17 heavy (non-hydrogen) atoms. The van der Waals surface area contributed by atoms with Gasteiger partial charge in [0.1, 0.15) is 0 Å². The van der Waals surface area contributed by atoms with Crippen molar-refractivity contribution in [2.45, 2.75) is 20.8 Å². The minimum absolute atomic E-state index is 0. The maximum absolute atomic E-state index is 9.09. The molecule has 0 atom stereocenters. The summed E-state index contributed by atoms with van der Waals surface area (Å²) in [6.07, 6.45) is 1.14. The lowest BCUT2D eigenvalue weighted by atomic mass is 10.2. The molecule has 0 bridgehead atoms. The Morgan fingerprint density at radius 3 is 1.53 bits per heavy atom. The van der Waals surface area contributed by atoms with Crippen molar-refractivity contribution < 1.29 is 9.59 Å². The summed E-state index contributed by atoms with van der Waals surface area (Å²) in [5, 5.41) is -1.28. The highest BCUT2D eigenvalue weighted by Gasteiger charge is 1.79. The van der Waals surface area contributed by atoms with Crippen LogP contribution in [0.1, 0.15) is 19.9 Å². The van der Waals surface area contributed by atoms with Crippen LogP contribution < -0.4 is 11.5 Å². The maximum atomic E-state index is 9.09. The largest absolute Gasteiger partial charge is 0.361 e. The summed E-state index contributed by atoms with van der Waals surface area (Å²) < 4.78 is 0. The van der Waals surface area contributed by atoms with E-state index in [4.69, 9.17) is 9.59 Å². The molecular formula is C11H20N2O2S2. The van der Waals surface area contributed by atoms with E-state index in [1.165, 1.54) is 5.56 Å². The molecule has 0 aliphatic carbocycles. The molecule has 0 heterocycles. The molecule has 1 rings (SSSR count). The number of rotatable bonds is 1. The average molecular weight is 276 g/mol. The number of carbonyl (C=O) groups is 2. The van der Waals surface area contributed by atoms with Gasteiger partial charge in [-0.2, -0.15) is 0 Å². The Hall–Kier alpha value is -1.14. The van der Waals surface area contributed by atoms with E-state index in [-0.39, 0.29) is 7.43 Å². The fourth-order valence-corrected chi connectivity index (χ4v) is 0.714. The molecule has 98 valence electrons. The molecule has 0 saturated carbocycles. The highest BCUT2D eigenvalue weighted by atomic mass is 32.1. The van der Waals surface area contributed by atoms with Crippen LogP contribution in [0.15, 0.2) is 30.3 Å². The number of thiol groups is 2. The molecule has 0 aromatic heterocycles. The van der Waals surface area contributed by atoms with Crippen molar-refractivity contribution in [2.24, 2.45) is 11.5 Å². The van der Waals surface area contributed by atoms with E-state index in [1.54, 1.807) is 0 Å². The van der Waals surface area contributed by atoms with E-state index in [0.29, 0.717) is 0 Å². The van der Waals surface area contributed by atoms with Gasteiger partial charge >= 0.3 is 0 Å². The standard InChI is InChI=1S/C8H10.2CH3NOS.CH4/c1-2-8-6-4-3-5-7-8;2*2-1(3)4;/h3-7H,2H2,1H3;2*(H3,2,3,4);1H4. The van der Waals surface area contributed by atoms with E-state index in [1.807, 2.05) is 6.07 Å². The van der Waals surface area contributed by atoms with E-state index in [9.17, 15) is 0 Å². The number of hydrogen-bond acceptors (Lipinski definition) is 2. The predicted molar refractivity (Wildman–Crippen MR) is 79.7 cm³/mol. The molecule has 0 saturated heterocycles. The smallest absolute Gasteiger partial charge is 0.273 e. The molecule has 0 radical (unpaired) electrons. The highest BCUT2D eigenvalue weighted by Crippen LogP contribution is 1.96. The lowest BCUT2D eigenvalue weighted by Gasteiger charge is -1.89. The Kier molecular flexibility index (Phi) is 18.5. The summed E-state index contributed by atoms with van der Waals surface area (Å²) >= 11 is 6.21. The van der Waals surface area contributed by atoms with Crippen molar-refractivity contribution in [1.82, 2.24) is 0 Å². The normalized spacial score (nSPS) is 7.24. The Morgan fingerprint density at radius 2 is 1.35 bits per heavy atom. The number of carbonyl (C=O) groups excluding carboxylic acids is 2. The van der Waals surface area contributed by atoms with Gasteiger partial charge in [0.05, 0.1) is 0 Å². The van der Waals surface area contributed by atoms with Crippen LogP contribution in [0.5, 0.6) is 0 Å². The highest BCUT2D eigenvalue weighted by molar-refractivity contribution is 7.96. The fourth-order valence-electron chi connectivity index (χ4n) is 0.714. The fraction of sp³-hybridized carbons (Fsp3) is 0.273. The monoisotopic (exact) mass is 276 g/mol. The summed E-state index contributed by atoms with van der Waals surface area (Å²) in [5.41, 5.74) is 10.1. The quantitative estimate of drug-likeness (QED) is 0.594. The molecule has 0 aliphatic heterocycles. The molecule has 0 spiro atoms. The lowest BCUT2D eigenvalue weighted by Crippen LogP contribution is -1.95. The van der Waals surface area contributed by atoms with Crippen molar-refractivity contribution in [3.8, 4) is 0 Å². The molecular weight excluding hydrogens is 256 g/mol. The first-order chi connectivity index (χ1) is 7.40. The van der Waals surface area contributed by atoms with E-state index in [2.05, 4.69) is 67.9 Å². The number of aryl methyl sites for hydroxylation is 1. The van der Waals surface area contributed by atoms with E-state index >= 15 is 0 Å². The zero-order chi connectivity index (χ0) is 13.0.